The lowest BCUT2D eigenvalue weighted by Crippen LogP contribution is -2.51. The topological polar surface area (TPSA) is 84.9 Å². The molecule has 1 aliphatic carbocycles. The molecule has 5 rings (SSSR count). The van der Waals surface area contributed by atoms with Gasteiger partial charge in [-0.3, -0.25) is 14.5 Å². The van der Waals surface area contributed by atoms with Gasteiger partial charge in [0, 0.05) is 11.6 Å². The number of hydrogen-bond acceptors (Lipinski definition) is 5. The molecule has 0 unspecified atom stereocenters. The molecule has 0 aromatic heterocycles. The van der Waals surface area contributed by atoms with Gasteiger partial charge >= 0.3 is 18.2 Å². The summed E-state index contributed by atoms with van der Waals surface area (Å²) in [6.07, 6.45) is -5.46. The zero-order chi connectivity index (χ0) is 35.3. The molecule has 0 aliphatic heterocycles. The molecule has 1 aliphatic rings. The van der Waals surface area contributed by atoms with Crippen molar-refractivity contribution >= 4 is 35.3 Å². The van der Waals surface area contributed by atoms with Gasteiger partial charge in [0.05, 0.1) is 10.6 Å². The smallest absolute Gasteiger partial charge is 0.417 e. The van der Waals surface area contributed by atoms with Crippen molar-refractivity contribution in [2.24, 2.45) is 0 Å². The number of carbonyl (C=O) groups is 3. The molecule has 0 bridgehead atoms. The van der Waals surface area contributed by atoms with E-state index in [-0.39, 0.29) is 25.4 Å². The lowest BCUT2D eigenvalue weighted by Gasteiger charge is -2.29. The molecule has 256 valence electrons. The second-order valence-corrected chi connectivity index (χ2v) is 13.1. The van der Waals surface area contributed by atoms with E-state index >= 15 is 0 Å². The van der Waals surface area contributed by atoms with E-state index in [4.69, 9.17) is 21.1 Å². The Kier molecular flexibility index (Phi) is 10.7. The Balaban J connectivity index is 1.38. The van der Waals surface area contributed by atoms with Gasteiger partial charge in [-0.15, -0.1) is 0 Å². The highest BCUT2D eigenvalue weighted by Gasteiger charge is 2.34. The summed E-state index contributed by atoms with van der Waals surface area (Å²) in [5.74, 6) is -1.53. The molecule has 7 nitrogen and oxygen atoms in total. The fourth-order valence-electron chi connectivity index (χ4n) is 5.89. The molecule has 0 heterocycles. The maximum absolute atomic E-state index is 14.2. The lowest BCUT2D eigenvalue weighted by atomic mass is 9.98. The van der Waals surface area contributed by atoms with Crippen molar-refractivity contribution in [1.29, 1.82) is 0 Å². The summed E-state index contributed by atoms with van der Waals surface area (Å²) in [5, 5.41) is 2.18. The van der Waals surface area contributed by atoms with Crippen molar-refractivity contribution in [3.05, 3.63) is 124 Å². The Morgan fingerprint density at radius 3 is 2.02 bits per heavy atom. The predicted octanol–water partition coefficient (Wildman–Crippen LogP) is 8.57. The van der Waals surface area contributed by atoms with Gasteiger partial charge in [0.1, 0.15) is 24.8 Å². The first-order valence-electron chi connectivity index (χ1n) is 15.8. The quantitative estimate of drug-likeness (QED) is 0.168. The van der Waals surface area contributed by atoms with Crippen LogP contribution in [0.1, 0.15) is 55.4 Å². The number of hydrogen-bond donors (Lipinski definition) is 1. The van der Waals surface area contributed by atoms with E-state index in [1.807, 2.05) is 48.5 Å². The van der Waals surface area contributed by atoms with Gasteiger partial charge in [-0.2, -0.15) is 13.2 Å². The summed E-state index contributed by atoms with van der Waals surface area (Å²) in [5.41, 5.74) is 3.14. The van der Waals surface area contributed by atoms with Crippen molar-refractivity contribution in [2.75, 3.05) is 18.1 Å². The standard InChI is InChI=1S/C38H36ClF3N2O5/c1-37(2,3)49-34(45)22-44(25-11-5-4-6-12-25)35(46)33(20-18-24-17-19-31(32(39)21-24)38(40,41)42)43-36(47)48-23-30-28-15-9-7-13-26(28)27-14-8-10-16-29(27)30/h4-17,19,21,30,33H,18,20,22-23H2,1-3H3,(H,43,47)/t33-/m0/s1. The van der Waals surface area contributed by atoms with Crippen LogP contribution in [-0.2, 0) is 31.7 Å². The van der Waals surface area contributed by atoms with Crippen LogP contribution in [0.3, 0.4) is 0 Å². The van der Waals surface area contributed by atoms with E-state index in [0.717, 1.165) is 28.3 Å². The maximum Gasteiger partial charge on any atom is 0.417 e. The van der Waals surface area contributed by atoms with Crippen molar-refractivity contribution in [3.8, 4) is 11.1 Å². The minimum absolute atomic E-state index is 0.00437. The van der Waals surface area contributed by atoms with Gasteiger partial charge < -0.3 is 14.8 Å². The number of nitrogens with one attached hydrogen (secondary N) is 1. The normalized spacial score (nSPS) is 13.2. The molecule has 0 saturated heterocycles. The molecule has 4 aromatic rings. The van der Waals surface area contributed by atoms with Crippen molar-refractivity contribution in [3.63, 3.8) is 0 Å². The molecular formula is C38H36ClF3N2O5. The minimum atomic E-state index is -4.63. The number of para-hydroxylation sites is 1. The van der Waals surface area contributed by atoms with E-state index in [9.17, 15) is 27.6 Å². The molecule has 4 aromatic carbocycles. The van der Waals surface area contributed by atoms with Crippen LogP contribution in [0.5, 0.6) is 0 Å². The average molecular weight is 693 g/mol. The number of carbonyl (C=O) groups excluding carboxylic acids is 3. The second-order valence-electron chi connectivity index (χ2n) is 12.7. The summed E-state index contributed by atoms with van der Waals surface area (Å²) in [6, 6.07) is 26.3. The number of rotatable bonds is 10. The predicted molar refractivity (Wildman–Crippen MR) is 181 cm³/mol. The number of amides is 2. The third-order valence-corrected chi connectivity index (χ3v) is 8.35. The molecule has 0 radical (unpaired) electrons. The summed E-state index contributed by atoms with van der Waals surface area (Å²) in [6.45, 7) is 4.66. The Hall–Kier alpha value is -4.83. The molecule has 1 N–H and O–H groups in total. The number of alkyl halides is 3. The number of nitrogens with zero attached hydrogens (tertiary/aromatic N) is 1. The highest BCUT2D eigenvalue weighted by molar-refractivity contribution is 6.31. The minimum Gasteiger partial charge on any atom is -0.459 e. The summed E-state index contributed by atoms with van der Waals surface area (Å²) < 4.78 is 51.1. The Labute approximate surface area is 288 Å². The Morgan fingerprint density at radius 2 is 1.45 bits per heavy atom. The first-order chi connectivity index (χ1) is 23.2. The van der Waals surface area contributed by atoms with E-state index in [1.165, 1.54) is 17.0 Å². The number of alkyl carbamates (subject to hydrolysis) is 1. The van der Waals surface area contributed by atoms with Gasteiger partial charge in [-0.1, -0.05) is 84.4 Å². The van der Waals surface area contributed by atoms with Crippen LogP contribution in [0.15, 0.2) is 97.1 Å². The van der Waals surface area contributed by atoms with E-state index in [2.05, 4.69) is 5.32 Å². The first-order valence-corrected chi connectivity index (χ1v) is 16.1. The van der Waals surface area contributed by atoms with Crippen molar-refractivity contribution in [1.82, 2.24) is 5.32 Å². The number of ether oxygens (including phenoxy) is 2. The van der Waals surface area contributed by atoms with Crippen LogP contribution in [0.2, 0.25) is 5.02 Å². The lowest BCUT2D eigenvalue weighted by molar-refractivity contribution is -0.153. The van der Waals surface area contributed by atoms with Crippen molar-refractivity contribution in [2.45, 2.75) is 57.3 Å². The van der Waals surface area contributed by atoms with Crippen LogP contribution in [-0.4, -0.2) is 42.8 Å². The Morgan fingerprint density at radius 1 is 0.857 bits per heavy atom. The summed E-state index contributed by atoms with van der Waals surface area (Å²) in [4.78, 5) is 41.7. The molecule has 11 heteroatoms. The van der Waals surface area contributed by atoms with Gasteiger partial charge in [0.15, 0.2) is 0 Å². The number of fused-ring (bicyclic) bond motifs is 3. The number of esters is 1. The van der Waals surface area contributed by atoms with Crippen LogP contribution < -0.4 is 10.2 Å². The van der Waals surface area contributed by atoms with Crippen LogP contribution in [0.25, 0.3) is 11.1 Å². The van der Waals surface area contributed by atoms with Gasteiger partial charge in [0.25, 0.3) is 0 Å². The molecular weight excluding hydrogens is 657 g/mol. The number of benzene rings is 4. The molecule has 49 heavy (non-hydrogen) atoms. The average Bonchev–Trinajstić information content (AvgIpc) is 3.37. The summed E-state index contributed by atoms with van der Waals surface area (Å²) in [7, 11) is 0. The second kappa shape index (κ2) is 14.7. The number of anilines is 1. The monoisotopic (exact) mass is 692 g/mol. The number of halogens is 4. The fourth-order valence-corrected chi connectivity index (χ4v) is 6.20. The third kappa shape index (κ3) is 8.80. The molecule has 0 fully saturated rings. The zero-order valence-electron chi connectivity index (χ0n) is 27.2. The van der Waals surface area contributed by atoms with Gasteiger partial charge in [-0.05, 0) is 85.7 Å². The number of aryl methyl sites for hydroxylation is 1. The van der Waals surface area contributed by atoms with Crippen molar-refractivity contribution < 1.29 is 37.0 Å². The molecule has 1 atom stereocenters. The van der Waals surface area contributed by atoms with Gasteiger partial charge in [-0.25, -0.2) is 4.79 Å². The summed E-state index contributed by atoms with van der Waals surface area (Å²) >= 11 is 5.96. The first kappa shape index (κ1) is 35.5. The maximum atomic E-state index is 14.2. The van der Waals surface area contributed by atoms with Crippen LogP contribution >= 0.6 is 11.6 Å². The molecule has 0 spiro atoms. The SMILES string of the molecule is CC(C)(C)OC(=O)CN(C(=O)[C@H](CCc1ccc(C(F)(F)F)c(Cl)c1)NC(=O)OCC1c2ccccc2-c2ccccc21)c1ccccc1. The largest absolute Gasteiger partial charge is 0.459 e. The zero-order valence-corrected chi connectivity index (χ0v) is 28.0. The van der Waals surface area contributed by atoms with E-state index < -0.39 is 52.9 Å². The van der Waals surface area contributed by atoms with Crippen LogP contribution in [0.4, 0.5) is 23.7 Å². The van der Waals surface area contributed by atoms with Crippen LogP contribution in [0, 0.1) is 0 Å². The van der Waals surface area contributed by atoms with E-state index in [0.29, 0.717) is 11.3 Å². The molecule has 0 saturated carbocycles. The fraction of sp³-hybridized carbons (Fsp3) is 0.289. The third-order valence-electron chi connectivity index (χ3n) is 8.04. The Bertz CT molecular complexity index is 1780. The highest BCUT2D eigenvalue weighted by Crippen LogP contribution is 2.44. The molecule has 2 amide bonds. The van der Waals surface area contributed by atoms with E-state index in [1.54, 1.807) is 51.1 Å². The highest BCUT2D eigenvalue weighted by atomic mass is 35.5. The van der Waals surface area contributed by atoms with Gasteiger partial charge in [0.2, 0.25) is 5.91 Å².